The number of rotatable bonds is 4. The Kier molecular flexibility index (Phi) is 3.79. The fourth-order valence-corrected chi connectivity index (χ4v) is 3.03. The fourth-order valence-electron chi connectivity index (χ4n) is 1.64. The second-order valence-corrected chi connectivity index (χ2v) is 6.74. The maximum absolute atomic E-state index is 11.2. The van der Waals surface area contributed by atoms with Gasteiger partial charge in [-0.15, -0.1) is 11.3 Å². The SMILES string of the molecule is Cc1ccsc1CNc1ccc(S(N)(=O)=O)cc1N. The Morgan fingerprint density at radius 2 is 2.05 bits per heavy atom. The Balaban J connectivity index is 2.16. The minimum Gasteiger partial charge on any atom is -0.397 e. The summed E-state index contributed by atoms with van der Waals surface area (Å²) >= 11 is 1.66. The van der Waals surface area contributed by atoms with Crippen LogP contribution in [-0.2, 0) is 16.6 Å². The van der Waals surface area contributed by atoms with E-state index in [2.05, 4.69) is 11.4 Å². The van der Waals surface area contributed by atoms with Gasteiger partial charge in [-0.1, -0.05) is 0 Å². The molecule has 102 valence electrons. The second kappa shape index (κ2) is 5.20. The summed E-state index contributed by atoms with van der Waals surface area (Å²) in [5.74, 6) is 0. The molecule has 19 heavy (non-hydrogen) atoms. The van der Waals surface area contributed by atoms with Gasteiger partial charge < -0.3 is 11.1 Å². The highest BCUT2D eigenvalue weighted by atomic mass is 32.2. The van der Waals surface area contributed by atoms with Crippen molar-refractivity contribution in [2.45, 2.75) is 18.4 Å². The molecule has 0 saturated carbocycles. The number of anilines is 2. The molecular weight excluding hydrogens is 282 g/mol. The van der Waals surface area contributed by atoms with Crippen molar-refractivity contribution in [3.05, 3.63) is 40.1 Å². The molecule has 7 heteroatoms. The molecule has 1 heterocycles. The number of benzene rings is 1. The van der Waals surface area contributed by atoms with Crippen molar-refractivity contribution in [2.24, 2.45) is 5.14 Å². The zero-order chi connectivity index (χ0) is 14.0. The van der Waals surface area contributed by atoms with Crippen LogP contribution in [0.1, 0.15) is 10.4 Å². The summed E-state index contributed by atoms with van der Waals surface area (Å²) in [5, 5.41) is 10.3. The lowest BCUT2D eigenvalue weighted by molar-refractivity contribution is 0.598. The largest absolute Gasteiger partial charge is 0.397 e. The lowest BCUT2D eigenvalue weighted by Gasteiger charge is -2.10. The maximum Gasteiger partial charge on any atom is 0.238 e. The quantitative estimate of drug-likeness (QED) is 0.751. The minimum atomic E-state index is -3.71. The van der Waals surface area contributed by atoms with Gasteiger partial charge in [0, 0.05) is 11.4 Å². The fraction of sp³-hybridized carbons (Fsp3) is 0.167. The summed E-state index contributed by atoms with van der Waals surface area (Å²) in [6.07, 6.45) is 0. The number of primary sulfonamides is 1. The van der Waals surface area contributed by atoms with Crippen LogP contribution in [0.2, 0.25) is 0 Å². The predicted molar refractivity (Wildman–Crippen MR) is 78.6 cm³/mol. The molecule has 0 atom stereocenters. The number of sulfonamides is 1. The van der Waals surface area contributed by atoms with Crippen molar-refractivity contribution in [2.75, 3.05) is 11.1 Å². The average Bonchev–Trinajstić information content (AvgIpc) is 2.72. The molecular formula is C12H15N3O2S2. The van der Waals surface area contributed by atoms with Crippen molar-refractivity contribution < 1.29 is 8.42 Å². The Bertz CT molecular complexity index is 693. The summed E-state index contributed by atoms with van der Waals surface area (Å²) in [4.78, 5) is 1.23. The van der Waals surface area contributed by atoms with Gasteiger partial charge in [-0.3, -0.25) is 0 Å². The predicted octanol–water partition coefficient (Wildman–Crippen LogP) is 1.90. The number of hydrogen-bond acceptors (Lipinski definition) is 5. The molecule has 0 radical (unpaired) electrons. The average molecular weight is 297 g/mol. The first-order valence-corrected chi connectivity index (χ1v) is 7.99. The zero-order valence-electron chi connectivity index (χ0n) is 10.4. The summed E-state index contributed by atoms with van der Waals surface area (Å²) in [7, 11) is -3.71. The van der Waals surface area contributed by atoms with E-state index in [1.54, 1.807) is 17.4 Å². The van der Waals surface area contributed by atoms with Crippen LogP contribution in [0, 0.1) is 6.92 Å². The van der Waals surface area contributed by atoms with Crippen molar-refractivity contribution in [1.29, 1.82) is 0 Å². The molecule has 0 bridgehead atoms. The Morgan fingerprint density at radius 3 is 2.58 bits per heavy atom. The number of thiophene rings is 1. The van der Waals surface area contributed by atoms with Crippen LogP contribution in [-0.4, -0.2) is 8.42 Å². The maximum atomic E-state index is 11.2. The van der Waals surface area contributed by atoms with Crippen LogP contribution in [0.3, 0.4) is 0 Å². The van der Waals surface area contributed by atoms with Gasteiger partial charge in [0.05, 0.1) is 16.3 Å². The van der Waals surface area contributed by atoms with E-state index in [0.29, 0.717) is 17.9 Å². The molecule has 2 rings (SSSR count). The summed E-state index contributed by atoms with van der Waals surface area (Å²) in [6, 6.07) is 6.47. The molecule has 0 unspecified atom stereocenters. The minimum absolute atomic E-state index is 0.0165. The van der Waals surface area contributed by atoms with Crippen LogP contribution in [0.25, 0.3) is 0 Å². The van der Waals surface area contributed by atoms with E-state index in [1.165, 1.54) is 22.6 Å². The highest BCUT2D eigenvalue weighted by Crippen LogP contribution is 2.24. The molecule has 5 N–H and O–H groups in total. The lowest BCUT2D eigenvalue weighted by Crippen LogP contribution is -2.13. The second-order valence-electron chi connectivity index (χ2n) is 4.17. The Labute approximate surface area is 116 Å². The first kappa shape index (κ1) is 13.9. The highest BCUT2D eigenvalue weighted by molar-refractivity contribution is 7.89. The molecule has 0 spiro atoms. The molecule has 0 fully saturated rings. The number of aryl methyl sites for hydroxylation is 1. The van der Waals surface area contributed by atoms with E-state index in [1.807, 2.05) is 12.3 Å². The van der Waals surface area contributed by atoms with Gasteiger partial charge in [0.15, 0.2) is 0 Å². The summed E-state index contributed by atoms with van der Waals surface area (Å²) in [5.41, 5.74) is 8.09. The molecule has 2 aromatic rings. The van der Waals surface area contributed by atoms with Gasteiger partial charge in [0.1, 0.15) is 0 Å². The lowest BCUT2D eigenvalue weighted by atomic mass is 10.2. The topological polar surface area (TPSA) is 98.2 Å². The molecule has 0 aliphatic rings. The van der Waals surface area contributed by atoms with Gasteiger partial charge >= 0.3 is 0 Å². The van der Waals surface area contributed by atoms with E-state index in [0.717, 1.165) is 0 Å². The van der Waals surface area contributed by atoms with E-state index in [9.17, 15) is 8.42 Å². The van der Waals surface area contributed by atoms with E-state index in [-0.39, 0.29) is 4.90 Å². The van der Waals surface area contributed by atoms with Crippen LogP contribution in [0.4, 0.5) is 11.4 Å². The number of nitrogen functional groups attached to an aromatic ring is 1. The first-order valence-electron chi connectivity index (χ1n) is 5.57. The van der Waals surface area contributed by atoms with Crippen LogP contribution in [0.15, 0.2) is 34.5 Å². The Hall–Kier alpha value is -1.57. The molecule has 1 aromatic heterocycles. The van der Waals surface area contributed by atoms with Gasteiger partial charge in [-0.05, 0) is 42.1 Å². The molecule has 0 aliphatic heterocycles. The van der Waals surface area contributed by atoms with Crippen LogP contribution in [0.5, 0.6) is 0 Å². The molecule has 0 aliphatic carbocycles. The van der Waals surface area contributed by atoms with Crippen LogP contribution < -0.4 is 16.2 Å². The number of nitrogens with two attached hydrogens (primary N) is 2. The van der Waals surface area contributed by atoms with Crippen molar-refractivity contribution in [3.63, 3.8) is 0 Å². The monoisotopic (exact) mass is 297 g/mol. The highest BCUT2D eigenvalue weighted by Gasteiger charge is 2.10. The molecule has 0 amide bonds. The van der Waals surface area contributed by atoms with Gasteiger partial charge in [0.2, 0.25) is 10.0 Å². The van der Waals surface area contributed by atoms with Gasteiger partial charge in [0.25, 0.3) is 0 Å². The van der Waals surface area contributed by atoms with Crippen molar-refractivity contribution in [1.82, 2.24) is 0 Å². The smallest absolute Gasteiger partial charge is 0.238 e. The van der Waals surface area contributed by atoms with Crippen molar-refractivity contribution >= 4 is 32.7 Å². The molecule has 5 nitrogen and oxygen atoms in total. The molecule has 1 aromatic carbocycles. The zero-order valence-corrected chi connectivity index (χ0v) is 12.0. The Morgan fingerprint density at radius 1 is 1.32 bits per heavy atom. The molecule has 0 saturated heterocycles. The van der Waals surface area contributed by atoms with E-state index < -0.39 is 10.0 Å². The third-order valence-corrected chi connectivity index (χ3v) is 4.69. The van der Waals surface area contributed by atoms with E-state index >= 15 is 0 Å². The summed E-state index contributed by atoms with van der Waals surface area (Å²) < 4.78 is 22.4. The third-order valence-electron chi connectivity index (χ3n) is 2.76. The first-order chi connectivity index (χ1) is 8.88. The third kappa shape index (κ3) is 3.25. The standard InChI is InChI=1S/C12H15N3O2S2/c1-8-4-5-18-12(8)7-15-11-3-2-9(6-10(11)13)19(14,16)17/h2-6,15H,7,13H2,1H3,(H2,14,16,17). The number of hydrogen-bond donors (Lipinski definition) is 3. The number of nitrogens with one attached hydrogen (secondary N) is 1. The van der Waals surface area contributed by atoms with Crippen LogP contribution >= 0.6 is 11.3 Å². The van der Waals surface area contributed by atoms with E-state index in [4.69, 9.17) is 10.9 Å². The van der Waals surface area contributed by atoms with Crippen molar-refractivity contribution in [3.8, 4) is 0 Å². The van der Waals surface area contributed by atoms with Gasteiger partial charge in [-0.25, -0.2) is 13.6 Å². The summed E-state index contributed by atoms with van der Waals surface area (Å²) in [6.45, 7) is 2.70. The normalized spacial score (nSPS) is 11.5. The van der Waals surface area contributed by atoms with Gasteiger partial charge in [-0.2, -0.15) is 0 Å².